The number of carbonyl (C=O) groups is 1. The molecule has 0 spiro atoms. The van der Waals surface area contributed by atoms with Crippen molar-refractivity contribution in [1.82, 2.24) is 4.90 Å². The van der Waals surface area contributed by atoms with Crippen LogP contribution in [0.3, 0.4) is 0 Å². The molecule has 3 heteroatoms. The molecule has 0 bridgehead atoms. The highest BCUT2D eigenvalue weighted by molar-refractivity contribution is 5.94. The van der Waals surface area contributed by atoms with Gasteiger partial charge in [-0.25, -0.2) is 0 Å². The number of fused-ring (bicyclic) bond motifs is 1. The lowest BCUT2D eigenvalue weighted by Crippen LogP contribution is -2.44. The van der Waals surface area contributed by atoms with E-state index in [-0.39, 0.29) is 11.9 Å². The Kier molecular flexibility index (Phi) is 4.37. The molecule has 0 fully saturated rings. The summed E-state index contributed by atoms with van der Waals surface area (Å²) in [6, 6.07) is 18.7. The molecule has 120 valence electrons. The molecule has 0 saturated heterocycles. The Hall–Kier alpha value is -2.29. The lowest BCUT2D eigenvalue weighted by Gasteiger charge is -2.35. The summed E-state index contributed by atoms with van der Waals surface area (Å²) in [5.41, 5.74) is 3.23. The summed E-state index contributed by atoms with van der Waals surface area (Å²) in [7, 11) is 0. The van der Waals surface area contributed by atoms with Crippen LogP contribution in [0.1, 0.15) is 36.7 Å². The molecule has 0 N–H and O–H groups in total. The Labute approximate surface area is 138 Å². The second kappa shape index (κ2) is 6.45. The average molecular weight is 308 g/mol. The molecule has 1 heterocycles. The number of hydrogen-bond acceptors (Lipinski definition) is 2. The van der Waals surface area contributed by atoms with Crippen molar-refractivity contribution in [3.05, 3.63) is 65.7 Å². The third-order valence-electron chi connectivity index (χ3n) is 4.45. The van der Waals surface area contributed by atoms with Gasteiger partial charge in [0.05, 0.1) is 0 Å². The smallest absolute Gasteiger partial charge is 0.254 e. The van der Waals surface area contributed by atoms with Crippen molar-refractivity contribution in [2.24, 2.45) is 0 Å². The zero-order valence-electron chi connectivity index (χ0n) is 14.1. The van der Waals surface area contributed by atoms with Crippen LogP contribution >= 0.6 is 0 Å². The molecular weight excluding hydrogens is 284 g/mol. The number of amides is 1. The normalized spacial score (nSPS) is 17.8. The van der Waals surface area contributed by atoms with Gasteiger partial charge in [-0.3, -0.25) is 4.79 Å². The van der Waals surface area contributed by atoms with Crippen molar-refractivity contribution < 1.29 is 4.79 Å². The quantitative estimate of drug-likeness (QED) is 0.839. The van der Waals surface area contributed by atoms with Crippen molar-refractivity contribution >= 4 is 11.6 Å². The minimum absolute atomic E-state index is 0.109. The average Bonchev–Trinajstić information content (AvgIpc) is 2.70. The van der Waals surface area contributed by atoms with Gasteiger partial charge in [0, 0.05) is 36.4 Å². The van der Waals surface area contributed by atoms with Crippen LogP contribution in [0.4, 0.5) is 5.69 Å². The first-order chi connectivity index (χ1) is 11.1. The number of rotatable bonds is 2. The van der Waals surface area contributed by atoms with Crippen LogP contribution in [0, 0.1) is 0 Å². The van der Waals surface area contributed by atoms with Crippen LogP contribution in [0.15, 0.2) is 54.6 Å². The fraction of sp³-hybridized carbons (Fsp3) is 0.350. The zero-order valence-corrected chi connectivity index (χ0v) is 14.1. The van der Waals surface area contributed by atoms with Gasteiger partial charge in [-0.05, 0) is 44.5 Å². The third kappa shape index (κ3) is 3.09. The van der Waals surface area contributed by atoms with Crippen LogP contribution in [0.5, 0.6) is 0 Å². The zero-order chi connectivity index (χ0) is 16.4. The first-order valence-electron chi connectivity index (χ1n) is 8.28. The minimum atomic E-state index is 0.109. The van der Waals surface area contributed by atoms with Gasteiger partial charge in [0.1, 0.15) is 0 Å². The highest BCUT2D eigenvalue weighted by Gasteiger charge is 2.29. The number of anilines is 1. The van der Waals surface area contributed by atoms with Crippen LogP contribution < -0.4 is 4.90 Å². The van der Waals surface area contributed by atoms with E-state index in [1.165, 1.54) is 11.3 Å². The summed E-state index contributed by atoms with van der Waals surface area (Å²) in [4.78, 5) is 17.3. The van der Waals surface area contributed by atoms with E-state index in [9.17, 15) is 4.79 Å². The van der Waals surface area contributed by atoms with Crippen LogP contribution in [-0.2, 0) is 6.54 Å². The first-order valence-corrected chi connectivity index (χ1v) is 8.28. The molecule has 2 aromatic carbocycles. The Balaban J connectivity index is 1.96. The molecule has 1 unspecified atom stereocenters. The second-order valence-corrected chi connectivity index (χ2v) is 6.53. The maximum atomic E-state index is 12.9. The molecule has 1 aliphatic heterocycles. The summed E-state index contributed by atoms with van der Waals surface area (Å²) in [6.45, 7) is 8.02. The number of nitrogens with zero attached hydrogens (tertiary/aromatic N) is 2. The molecule has 0 saturated carbocycles. The van der Waals surface area contributed by atoms with Crippen molar-refractivity contribution in [2.45, 2.75) is 39.4 Å². The molecular formula is C20H24N2O. The molecule has 3 rings (SSSR count). The lowest BCUT2D eigenvalue weighted by molar-refractivity contribution is 0.0738. The Bertz CT molecular complexity index is 681. The molecule has 0 radical (unpaired) electrons. The molecule has 3 nitrogen and oxygen atoms in total. The highest BCUT2D eigenvalue weighted by atomic mass is 16.2. The van der Waals surface area contributed by atoms with Crippen molar-refractivity contribution in [3.8, 4) is 0 Å². The Morgan fingerprint density at radius 1 is 1.04 bits per heavy atom. The minimum Gasteiger partial charge on any atom is -0.364 e. The second-order valence-electron chi connectivity index (χ2n) is 6.53. The van der Waals surface area contributed by atoms with Gasteiger partial charge in [0.2, 0.25) is 0 Å². The van der Waals surface area contributed by atoms with E-state index in [2.05, 4.69) is 49.9 Å². The SMILES string of the molecule is CC(C)N1c2ccccc2CN(C(=O)c2ccccc2)CC1C. The maximum Gasteiger partial charge on any atom is 0.254 e. The topological polar surface area (TPSA) is 23.6 Å². The van der Waals surface area contributed by atoms with Crippen molar-refractivity contribution in [3.63, 3.8) is 0 Å². The molecule has 2 aromatic rings. The summed E-state index contributed by atoms with van der Waals surface area (Å²) >= 11 is 0. The largest absolute Gasteiger partial charge is 0.364 e. The van der Waals surface area contributed by atoms with E-state index >= 15 is 0 Å². The summed E-state index contributed by atoms with van der Waals surface area (Å²) in [5.74, 6) is 0.109. The van der Waals surface area contributed by atoms with E-state index < -0.39 is 0 Å². The summed E-state index contributed by atoms with van der Waals surface area (Å²) in [5, 5.41) is 0. The number of para-hydroxylation sites is 1. The fourth-order valence-electron chi connectivity index (χ4n) is 3.52. The molecule has 1 atom stereocenters. The van der Waals surface area contributed by atoms with Crippen LogP contribution in [-0.4, -0.2) is 29.4 Å². The van der Waals surface area contributed by atoms with Gasteiger partial charge >= 0.3 is 0 Å². The molecule has 1 amide bonds. The standard InChI is InChI=1S/C20H24N2O/c1-15(2)22-16(3)13-21(14-18-11-7-8-12-19(18)22)20(23)17-9-5-4-6-10-17/h4-12,15-16H,13-14H2,1-3H3. The van der Waals surface area contributed by atoms with E-state index in [0.717, 1.165) is 12.1 Å². The predicted octanol–water partition coefficient (Wildman–Crippen LogP) is 3.95. The maximum absolute atomic E-state index is 12.9. The monoisotopic (exact) mass is 308 g/mol. The van der Waals surface area contributed by atoms with Gasteiger partial charge in [0.15, 0.2) is 0 Å². The molecule has 0 aliphatic carbocycles. The van der Waals surface area contributed by atoms with Gasteiger partial charge in [-0.15, -0.1) is 0 Å². The van der Waals surface area contributed by atoms with Crippen LogP contribution in [0.25, 0.3) is 0 Å². The van der Waals surface area contributed by atoms with E-state index in [1.807, 2.05) is 35.2 Å². The van der Waals surface area contributed by atoms with Gasteiger partial charge < -0.3 is 9.80 Å². The fourth-order valence-corrected chi connectivity index (χ4v) is 3.52. The molecule has 23 heavy (non-hydrogen) atoms. The van der Waals surface area contributed by atoms with Crippen molar-refractivity contribution in [2.75, 3.05) is 11.4 Å². The first kappa shape index (κ1) is 15.6. The van der Waals surface area contributed by atoms with Crippen LogP contribution in [0.2, 0.25) is 0 Å². The lowest BCUT2D eigenvalue weighted by atomic mass is 10.1. The van der Waals surface area contributed by atoms with Gasteiger partial charge in [0.25, 0.3) is 5.91 Å². The van der Waals surface area contributed by atoms with Crippen molar-refractivity contribution in [1.29, 1.82) is 0 Å². The predicted molar refractivity (Wildman–Crippen MR) is 94.7 cm³/mol. The molecule has 0 aromatic heterocycles. The van der Waals surface area contributed by atoms with E-state index in [1.54, 1.807) is 0 Å². The molecule has 1 aliphatic rings. The summed E-state index contributed by atoms with van der Waals surface area (Å²) < 4.78 is 0. The summed E-state index contributed by atoms with van der Waals surface area (Å²) in [6.07, 6.45) is 0. The Morgan fingerprint density at radius 2 is 1.70 bits per heavy atom. The highest BCUT2D eigenvalue weighted by Crippen LogP contribution is 2.30. The Morgan fingerprint density at radius 3 is 2.39 bits per heavy atom. The number of carbonyl (C=O) groups excluding carboxylic acids is 1. The van der Waals surface area contributed by atoms with E-state index in [4.69, 9.17) is 0 Å². The van der Waals surface area contributed by atoms with E-state index in [0.29, 0.717) is 12.6 Å². The number of benzene rings is 2. The van der Waals surface area contributed by atoms with Gasteiger partial charge in [-0.1, -0.05) is 36.4 Å². The third-order valence-corrected chi connectivity index (χ3v) is 4.45. The van der Waals surface area contributed by atoms with Gasteiger partial charge in [-0.2, -0.15) is 0 Å². The number of hydrogen-bond donors (Lipinski definition) is 0.